The lowest BCUT2D eigenvalue weighted by Gasteiger charge is -2.08. The third kappa shape index (κ3) is 4.85. The van der Waals surface area contributed by atoms with Crippen molar-refractivity contribution in [1.29, 1.82) is 0 Å². The molecular formula is C19H21N5O2S. The molecule has 1 N–H and O–H groups in total. The van der Waals surface area contributed by atoms with Crippen molar-refractivity contribution in [3.63, 3.8) is 0 Å². The van der Waals surface area contributed by atoms with E-state index in [0.29, 0.717) is 17.3 Å². The molecule has 0 fully saturated rings. The van der Waals surface area contributed by atoms with Gasteiger partial charge in [0, 0.05) is 17.9 Å². The number of aryl methyl sites for hydroxylation is 2. The summed E-state index contributed by atoms with van der Waals surface area (Å²) in [5.74, 6) is 1.27. The van der Waals surface area contributed by atoms with Crippen molar-refractivity contribution in [1.82, 2.24) is 20.2 Å². The largest absolute Gasteiger partial charge is 0.497 e. The first-order valence-electron chi connectivity index (χ1n) is 8.49. The van der Waals surface area contributed by atoms with Crippen molar-refractivity contribution in [2.45, 2.75) is 25.4 Å². The van der Waals surface area contributed by atoms with Gasteiger partial charge < -0.3 is 10.1 Å². The van der Waals surface area contributed by atoms with Gasteiger partial charge in [-0.15, -0.1) is 5.10 Å². The number of anilines is 1. The Morgan fingerprint density at radius 3 is 2.63 bits per heavy atom. The van der Waals surface area contributed by atoms with E-state index in [0.717, 1.165) is 17.1 Å². The summed E-state index contributed by atoms with van der Waals surface area (Å²) >= 11 is 1.45. The van der Waals surface area contributed by atoms with E-state index in [1.54, 1.807) is 11.8 Å². The number of carbonyl (C=O) groups excluding carboxylic acids is 1. The third-order valence-electron chi connectivity index (χ3n) is 4.11. The van der Waals surface area contributed by atoms with Gasteiger partial charge in [0.1, 0.15) is 5.75 Å². The number of thioether (sulfide) groups is 1. The number of benzene rings is 2. The average Bonchev–Trinajstić information content (AvgIpc) is 3.13. The van der Waals surface area contributed by atoms with Gasteiger partial charge in [-0.25, -0.2) is 0 Å². The van der Waals surface area contributed by atoms with E-state index in [1.807, 2.05) is 42.5 Å². The molecule has 0 bridgehead atoms. The second-order valence-electron chi connectivity index (χ2n) is 6.02. The lowest BCUT2D eigenvalue weighted by atomic mass is 10.1. The summed E-state index contributed by atoms with van der Waals surface area (Å²) in [6, 6.07) is 13.3. The standard InChI is InChI=1S/C19H21N5O2S/c1-13-4-7-16(12-14(13)2)24-19(21-22-23-24)27-11-10-18(25)20-15-5-8-17(26-3)9-6-15/h4-9,12H,10-11H2,1-3H3,(H,20,25). The monoisotopic (exact) mass is 383 g/mol. The van der Waals surface area contributed by atoms with Crippen LogP contribution in [0, 0.1) is 13.8 Å². The molecule has 7 nitrogen and oxygen atoms in total. The second kappa shape index (κ2) is 8.68. The van der Waals surface area contributed by atoms with E-state index in [9.17, 15) is 4.79 Å². The number of amides is 1. The van der Waals surface area contributed by atoms with Crippen LogP contribution < -0.4 is 10.1 Å². The van der Waals surface area contributed by atoms with Gasteiger partial charge in [0.25, 0.3) is 0 Å². The zero-order valence-electron chi connectivity index (χ0n) is 15.5. The predicted octanol–water partition coefficient (Wildman–Crippen LogP) is 3.41. The van der Waals surface area contributed by atoms with Crippen molar-refractivity contribution >= 4 is 23.4 Å². The van der Waals surface area contributed by atoms with Gasteiger partial charge in [-0.2, -0.15) is 4.68 Å². The highest BCUT2D eigenvalue weighted by Gasteiger charge is 2.11. The number of hydrogen-bond acceptors (Lipinski definition) is 6. The van der Waals surface area contributed by atoms with Crippen LogP contribution in [-0.4, -0.2) is 39.0 Å². The fourth-order valence-corrected chi connectivity index (χ4v) is 3.25. The van der Waals surface area contributed by atoms with Gasteiger partial charge in [0.15, 0.2) is 0 Å². The number of aromatic nitrogens is 4. The quantitative estimate of drug-likeness (QED) is 0.630. The SMILES string of the molecule is COc1ccc(NC(=O)CCSc2nnnn2-c2ccc(C)c(C)c2)cc1. The summed E-state index contributed by atoms with van der Waals surface area (Å²) in [6.45, 7) is 4.12. The Labute approximate surface area is 162 Å². The van der Waals surface area contributed by atoms with Gasteiger partial charge in [-0.1, -0.05) is 17.8 Å². The molecule has 27 heavy (non-hydrogen) atoms. The van der Waals surface area contributed by atoms with Crippen LogP contribution in [0.1, 0.15) is 17.5 Å². The number of carbonyl (C=O) groups is 1. The predicted molar refractivity (Wildman–Crippen MR) is 106 cm³/mol. The molecule has 1 amide bonds. The number of methoxy groups -OCH3 is 1. The Balaban J connectivity index is 1.55. The van der Waals surface area contributed by atoms with Gasteiger partial charge in [-0.3, -0.25) is 4.79 Å². The van der Waals surface area contributed by atoms with Crippen LogP contribution in [0.2, 0.25) is 0 Å². The van der Waals surface area contributed by atoms with Gasteiger partial charge in [-0.05, 0) is 71.8 Å². The number of nitrogens with zero attached hydrogens (tertiary/aromatic N) is 4. The summed E-state index contributed by atoms with van der Waals surface area (Å²) < 4.78 is 6.80. The molecule has 0 saturated heterocycles. The molecule has 0 radical (unpaired) electrons. The molecule has 0 aliphatic carbocycles. The van der Waals surface area contributed by atoms with E-state index in [2.05, 4.69) is 34.7 Å². The van der Waals surface area contributed by atoms with Gasteiger partial charge in [0.2, 0.25) is 11.1 Å². The number of tetrazole rings is 1. The van der Waals surface area contributed by atoms with E-state index < -0.39 is 0 Å². The molecule has 0 atom stereocenters. The highest BCUT2D eigenvalue weighted by molar-refractivity contribution is 7.99. The first kappa shape index (κ1) is 18.9. The molecule has 0 saturated carbocycles. The fraction of sp³-hybridized carbons (Fsp3) is 0.263. The summed E-state index contributed by atoms with van der Waals surface area (Å²) in [4.78, 5) is 12.1. The van der Waals surface area contributed by atoms with Crippen molar-refractivity contribution in [3.05, 3.63) is 53.6 Å². The molecule has 0 aliphatic heterocycles. The average molecular weight is 383 g/mol. The molecule has 0 aliphatic rings. The Morgan fingerprint density at radius 2 is 1.93 bits per heavy atom. The molecule has 0 spiro atoms. The maximum absolute atomic E-state index is 12.1. The van der Waals surface area contributed by atoms with E-state index in [1.165, 1.54) is 22.9 Å². The zero-order valence-corrected chi connectivity index (χ0v) is 16.3. The summed E-state index contributed by atoms with van der Waals surface area (Å²) in [7, 11) is 1.61. The molecule has 3 rings (SSSR count). The Kier molecular flexibility index (Phi) is 6.08. The normalized spacial score (nSPS) is 10.6. The highest BCUT2D eigenvalue weighted by atomic mass is 32.2. The third-order valence-corrected chi connectivity index (χ3v) is 5.03. The maximum Gasteiger partial charge on any atom is 0.225 e. The molecule has 0 unspecified atom stereocenters. The molecule has 1 heterocycles. The fourth-order valence-electron chi connectivity index (χ4n) is 2.42. The van der Waals surface area contributed by atoms with Crippen molar-refractivity contribution in [2.75, 3.05) is 18.2 Å². The van der Waals surface area contributed by atoms with Crippen LogP contribution in [0.15, 0.2) is 47.6 Å². The summed E-state index contributed by atoms with van der Waals surface area (Å²) in [5, 5.41) is 15.4. The first-order valence-corrected chi connectivity index (χ1v) is 9.48. The molecular weight excluding hydrogens is 362 g/mol. The van der Waals surface area contributed by atoms with Crippen LogP contribution in [0.3, 0.4) is 0 Å². The second-order valence-corrected chi connectivity index (χ2v) is 7.08. The van der Waals surface area contributed by atoms with Crippen molar-refractivity contribution in [2.24, 2.45) is 0 Å². The van der Waals surface area contributed by atoms with Crippen LogP contribution in [0.25, 0.3) is 5.69 Å². The van der Waals surface area contributed by atoms with Crippen molar-refractivity contribution in [3.8, 4) is 11.4 Å². The Hall–Kier alpha value is -2.87. The smallest absolute Gasteiger partial charge is 0.225 e. The number of nitrogens with one attached hydrogen (secondary N) is 1. The molecule has 8 heteroatoms. The number of rotatable bonds is 7. The van der Waals surface area contributed by atoms with Crippen LogP contribution in [0.4, 0.5) is 5.69 Å². The number of ether oxygens (including phenoxy) is 1. The lowest BCUT2D eigenvalue weighted by Crippen LogP contribution is -2.12. The molecule has 1 aromatic heterocycles. The van der Waals surface area contributed by atoms with Gasteiger partial charge in [0.05, 0.1) is 12.8 Å². The zero-order chi connectivity index (χ0) is 19.2. The highest BCUT2D eigenvalue weighted by Crippen LogP contribution is 2.21. The van der Waals surface area contributed by atoms with E-state index in [-0.39, 0.29) is 5.91 Å². The Morgan fingerprint density at radius 1 is 1.15 bits per heavy atom. The van der Waals surface area contributed by atoms with Crippen LogP contribution >= 0.6 is 11.8 Å². The minimum Gasteiger partial charge on any atom is -0.497 e. The maximum atomic E-state index is 12.1. The summed E-state index contributed by atoms with van der Waals surface area (Å²) in [5.41, 5.74) is 4.05. The minimum absolute atomic E-state index is 0.0575. The Bertz CT molecular complexity index is 924. The van der Waals surface area contributed by atoms with Gasteiger partial charge >= 0.3 is 0 Å². The first-order chi connectivity index (χ1) is 13.1. The summed E-state index contributed by atoms with van der Waals surface area (Å²) in [6.07, 6.45) is 0.358. The van der Waals surface area contributed by atoms with E-state index in [4.69, 9.17) is 4.74 Å². The van der Waals surface area contributed by atoms with Crippen LogP contribution in [-0.2, 0) is 4.79 Å². The van der Waals surface area contributed by atoms with E-state index >= 15 is 0 Å². The lowest BCUT2D eigenvalue weighted by molar-refractivity contribution is -0.115. The number of hydrogen-bond donors (Lipinski definition) is 1. The molecule has 140 valence electrons. The molecule has 2 aromatic carbocycles. The minimum atomic E-state index is -0.0575. The van der Waals surface area contributed by atoms with Crippen molar-refractivity contribution < 1.29 is 9.53 Å². The van der Waals surface area contributed by atoms with Crippen LogP contribution in [0.5, 0.6) is 5.75 Å². The topological polar surface area (TPSA) is 81.9 Å². The molecule has 3 aromatic rings.